The van der Waals surface area contributed by atoms with Crippen molar-refractivity contribution in [1.82, 2.24) is 10.2 Å². The van der Waals surface area contributed by atoms with Crippen molar-refractivity contribution in [1.29, 1.82) is 0 Å². The van der Waals surface area contributed by atoms with Crippen molar-refractivity contribution in [2.45, 2.75) is 25.0 Å². The van der Waals surface area contributed by atoms with Gasteiger partial charge in [0, 0.05) is 31.7 Å². The van der Waals surface area contributed by atoms with E-state index in [1.54, 1.807) is 7.11 Å². The number of β-amino-alcohol motifs (C(OH)–C–C–N with tert-alkyl or cyclic N) is 1. The van der Waals surface area contributed by atoms with Crippen LogP contribution in [0.4, 0.5) is 0 Å². The van der Waals surface area contributed by atoms with Gasteiger partial charge in [-0.05, 0) is 25.5 Å². The SMILES string of the molecule is COc1cccc2c1OCCCN(CC1(O)CCNC1)C2.Cl.Cl. The Labute approximate surface area is 150 Å². The molecule has 0 spiro atoms. The molecule has 3 rings (SSSR count). The summed E-state index contributed by atoms with van der Waals surface area (Å²) in [5.74, 6) is 1.64. The van der Waals surface area contributed by atoms with E-state index in [4.69, 9.17) is 9.47 Å². The molecule has 23 heavy (non-hydrogen) atoms. The van der Waals surface area contributed by atoms with Gasteiger partial charge in [0.2, 0.25) is 0 Å². The third kappa shape index (κ3) is 4.88. The molecule has 1 atom stereocenters. The lowest BCUT2D eigenvalue weighted by Gasteiger charge is -2.32. The molecule has 2 heterocycles. The number of nitrogens with zero attached hydrogens (tertiary/aromatic N) is 1. The van der Waals surface area contributed by atoms with E-state index in [1.165, 1.54) is 0 Å². The summed E-state index contributed by atoms with van der Waals surface area (Å²) in [6, 6.07) is 6.00. The number of hydrogen-bond acceptors (Lipinski definition) is 5. The number of fused-ring (bicyclic) bond motifs is 1. The fraction of sp³-hybridized carbons (Fsp3) is 0.625. The number of aliphatic hydroxyl groups is 1. The highest BCUT2D eigenvalue weighted by Crippen LogP contribution is 2.33. The zero-order chi connectivity index (χ0) is 14.7. The number of hydrogen-bond donors (Lipinski definition) is 2. The highest BCUT2D eigenvalue weighted by Gasteiger charge is 2.33. The fourth-order valence-corrected chi connectivity index (χ4v) is 3.21. The quantitative estimate of drug-likeness (QED) is 0.856. The second kappa shape index (κ2) is 8.94. The number of methoxy groups -OCH3 is 1. The number of para-hydroxylation sites is 1. The summed E-state index contributed by atoms with van der Waals surface area (Å²) < 4.78 is 11.3. The van der Waals surface area contributed by atoms with Gasteiger partial charge in [0.1, 0.15) is 0 Å². The average Bonchev–Trinajstić information content (AvgIpc) is 2.88. The van der Waals surface area contributed by atoms with E-state index < -0.39 is 5.60 Å². The number of nitrogens with one attached hydrogen (secondary N) is 1. The summed E-state index contributed by atoms with van der Waals surface area (Å²) in [6.45, 7) is 4.70. The molecule has 1 saturated heterocycles. The number of ether oxygens (including phenoxy) is 2. The maximum Gasteiger partial charge on any atom is 0.165 e. The summed E-state index contributed by atoms with van der Waals surface area (Å²) in [4.78, 5) is 2.33. The second-order valence-corrected chi connectivity index (χ2v) is 6.01. The number of benzene rings is 1. The number of halogens is 2. The van der Waals surface area contributed by atoms with Crippen molar-refractivity contribution in [2.24, 2.45) is 0 Å². The van der Waals surface area contributed by atoms with Gasteiger partial charge < -0.3 is 19.9 Å². The summed E-state index contributed by atoms with van der Waals surface area (Å²) >= 11 is 0. The summed E-state index contributed by atoms with van der Waals surface area (Å²) in [7, 11) is 1.67. The van der Waals surface area contributed by atoms with Crippen LogP contribution in [0.15, 0.2) is 18.2 Å². The van der Waals surface area contributed by atoms with Crippen LogP contribution < -0.4 is 14.8 Å². The van der Waals surface area contributed by atoms with Crippen LogP contribution in [0.5, 0.6) is 11.5 Å². The Bertz CT molecular complexity index is 496. The minimum absolute atomic E-state index is 0. The topological polar surface area (TPSA) is 54.0 Å². The molecule has 2 aliphatic rings. The molecule has 0 amide bonds. The Morgan fingerprint density at radius 3 is 2.91 bits per heavy atom. The van der Waals surface area contributed by atoms with Crippen LogP contribution in [0.1, 0.15) is 18.4 Å². The van der Waals surface area contributed by atoms with Crippen LogP contribution in [0.25, 0.3) is 0 Å². The van der Waals surface area contributed by atoms with E-state index in [2.05, 4.69) is 16.3 Å². The van der Waals surface area contributed by atoms with Crippen LogP contribution in [-0.2, 0) is 6.54 Å². The van der Waals surface area contributed by atoms with E-state index in [1.807, 2.05) is 12.1 Å². The van der Waals surface area contributed by atoms with Crippen LogP contribution in [0.2, 0.25) is 0 Å². The summed E-state index contributed by atoms with van der Waals surface area (Å²) in [5.41, 5.74) is 0.530. The molecule has 132 valence electrons. The third-order valence-electron chi connectivity index (χ3n) is 4.28. The Hall–Kier alpha value is -0.720. The molecule has 1 unspecified atom stereocenters. The van der Waals surface area contributed by atoms with Crippen molar-refractivity contribution in [3.05, 3.63) is 23.8 Å². The molecule has 0 bridgehead atoms. The monoisotopic (exact) mass is 364 g/mol. The highest BCUT2D eigenvalue weighted by atomic mass is 35.5. The molecule has 0 saturated carbocycles. The lowest BCUT2D eigenvalue weighted by atomic mass is 10.0. The van der Waals surface area contributed by atoms with Gasteiger partial charge in [-0.2, -0.15) is 0 Å². The van der Waals surface area contributed by atoms with Gasteiger partial charge in [-0.25, -0.2) is 0 Å². The molecule has 7 heteroatoms. The van der Waals surface area contributed by atoms with E-state index in [0.717, 1.165) is 49.5 Å². The minimum atomic E-state index is -0.598. The van der Waals surface area contributed by atoms with Gasteiger partial charge >= 0.3 is 0 Å². The predicted octanol–water partition coefficient (Wildman–Crippen LogP) is 1.85. The standard InChI is InChI=1S/C16H24N2O3.2ClH/c1-20-14-5-2-4-13-10-18(8-3-9-21-15(13)14)12-16(19)6-7-17-11-16;;/h2,4-5,17,19H,3,6-12H2,1H3;2*1H. The Balaban J connectivity index is 0.00000132. The summed E-state index contributed by atoms with van der Waals surface area (Å²) in [6.07, 6.45) is 1.78. The first-order valence-corrected chi connectivity index (χ1v) is 7.64. The first-order valence-electron chi connectivity index (χ1n) is 7.64. The Morgan fingerprint density at radius 1 is 1.39 bits per heavy atom. The molecule has 1 aromatic carbocycles. The molecular formula is C16H26Cl2N2O3. The van der Waals surface area contributed by atoms with Crippen molar-refractivity contribution in [2.75, 3.05) is 39.9 Å². The predicted molar refractivity (Wildman–Crippen MR) is 95.3 cm³/mol. The van der Waals surface area contributed by atoms with Gasteiger partial charge in [0.15, 0.2) is 11.5 Å². The lowest BCUT2D eigenvalue weighted by Crippen LogP contribution is -2.45. The Morgan fingerprint density at radius 2 is 2.22 bits per heavy atom. The molecule has 1 fully saturated rings. The van der Waals surface area contributed by atoms with Crippen LogP contribution in [0.3, 0.4) is 0 Å². The molecule has 2 aliphatic heterocycles. The first kappa shape index (κ1) is 20.3. The molecular weight excluding hydrogens is 339 g/mol. The van der Waals surface area contributed by atoms with Crippen molar-refractivity contribution in [3.63, 3.8) is 0 Å². The van der Waals surface area contributed by atoms with Gasteiger partial charge in [-0.1, -0.05) is 12.1 Å². The van der Waals surface area contributed by atoms with Gasteiger partial charge in [-0.3, -0.25) is 4.90 Å². The van der Waals surface area contributed by atoms with Crippen LogP contribution in [0, 0.1) is 0 Å². The maximum atomic E-state index is 10.6. The lowest BCUT2D eigenvalue weighted by molar-refractivity contribution is 0.0152. The molecule has 2 N–H and O–H groups in total. The van der Waals surface area contributed by atoms with Gasteiger partial charge in [0.05, 0.1) is 19.3 Å². The zero-order valence-corrected chi connectivity index (χ0v) is 15.0. The van der Waals surface area contributed by atoms with Crippen molar-refractivity contribution < 1.29 is 14.6 Å². The van der Waals surface area contributed by atoms with Crippen molar-refractivity contribution >= 4 is 24.8 Å². The van der Waals surface area contributed by atoms with E-state index in [-0.39, 0.29) is 24.8 Å². The molecule has 1 aromatic rings. The van der Waals surface area contributed by atoms with E-state index in [0.29, 0.717) is 19.7 Å². The maximum absolute atomic E-state index is 10.6. The van der Waals surface area contributed by atoms with E-state index >= 15 is 0 Å². The normalized spacial score (nSPS) is 24.3. The molecule has 0 radical (unpaired) electrons. The molecule has 0 aromatic heterocycles. The average molecular weight is 365 g/mol. The minimum Gasteiger partial charge on any atom is -0.493 e. The Kier molecular flexibility index (Phi) is 7.90. The first-order chi connectivity index (χ1) is 10.2. The highest BCUT2D eigenvalue weighted by molar-refractivity contribution is 5.85. The fourth-order valence-electron chi connectivity index (χ4n) is 3.21. The van der Waals surface area contributed by atoms with Crippen molar-refractivity contribution in [3.8, 4) is 11.5 Å². The largest absolute Gasteiger partial charge is 0.493 e. The second-order valence-electron chi connectivity index (χ2n) is 6.01. The molecule has 5 nitrogen and oxygen atoms in total. The van der Waals surface area contributed by atoms with Crippen LogP contribution >= 0.6 is 24.8 Å². The van der Waals surface area contributed by atoms with E-state index in [9.17, 15) is 5.11 Å². The summed E-state index contributed by atoms with van der Waals surface area (Å²) in [5, 5.41) is 13.8. The smallest absolute Gasteiger partial charge is 0.165 e. The van der Waals surface area contributed by atoms with Gasteiger partial charge in [0.25, 0.3) is 0 Å². The third-order valence-corrected chi connectivity index (χ3v) is 4.28. The number of rotatable bonds is 3. The molecule has 0 aliphatic carbocycles. The van der Waals surface area contributed by atoms with Gasteiger partial charge in [-0.15, -0.1) is 24.8 Å². The van der Waals surface area contributed by atoms with Crippen LogP contribution in [-0.4, -0.2) is 55.5 Å². The zero-order valence-electron chi connectivity index (χ0n) is 13.4.